The van der Waals surface area contributed by atoms with Crippen LogP contribution in [0.25, 0.3) is 0 Å². The Bertz CT molecular complexity index is 595. The summed E-state index contributed by atoms with van der Waals surface area (Å²) in [5.41, 5.74) is 0. The molecule has 1 aliphatic heterocycles. The maximum absolute atomic E-state index is 11.6. The summed E-state index contributed by atoms with van der Waals surface area (Å²) in [6.45, 7) is 2.34. The minimum atomic E-state index is -2.84. The number of hydrogen-bond donors (Lipinski definition) is 1. The van der Waals surface area contributed by atoms with Gasteiger partial charge in [-0.25, -0.2) is 8.42 Å². The molecule has 2 heterocycles. The second kappa shape index (κ2) is 7.23. The highest BCUT2D eigenvalue weighted by molar-refractivity contribution is 7.91. The first-order valence-corrected chi connectivity index (χ1v) is 9.34. The van der Waals surface area contributed by atoms with E-state index in [0.717, 1.165) is 24.4 Å². The highest BCUT2D eigenvalue weighted by Gasteiger charge is 2.19. The van der Waals surface area contributed by atoms with E-state index in [1.165, 1.54) is 4.88 Å². The van der Waals surface area contributed by atoms with Crippen LogP contribution in [0.5, 0.6) is 0 Å². The van der Waals surface area contributed by atoms with Gasteiger partial charge >= 0.3 is 0 Å². The number of thiophene rings is 1. The molecule has 4 nitrogen and oxygen atoms in total. The van der Waals surface area contributed by atoms with Crippen LogP contribution in [0.4, 0.5) is 0 Å². The number of rotatable bonds is 3. The molecule has 1 saturated heterocycles. The van der Waals surface area contributed by atoms with Crippen LogP contribution < -0.4 is 0 Å². The van der Waals surface area contributed by atoms with Crippen molar-refractivity contribution in [1.29, 1.82) is 0 Å². The molecule has 0 spiro atoms. The van der Waals surface area contributed by atoms with Gasteiger partial charge < -0.3 is 5.11 Å². The molecule has 0 bridgehead atoms. The third-order valence-electron chi connectivity index (χ3n) is 3.14. The van der Waals surface area contributed by atoms with Gasteiger partial charge in [0.1, 0.15) is 0 Å². The SMILES string of the molecule is O=S1(=O)CCCN(Cc2ccc(C#CCCO)s2)CC1. The van der Waals surface area contributed by atoms with E-state index in [0.29, 0.717) is 18.7 Å². The zero-order chi connectivity index (χ0) is 14.4. The van der Waals surface area contributed by atoms with Gasteiger partial charge in [0.15, 0.2) is 9.84 Å². The zero-order valence-electron chi connectivity index (χ0n) is 11.3. The molecule has 0 aliphatic carbocycles. The molecule has 1 aromatic rings. The average Bonchev–Trinajstić information content (AvgIpc) is 2.76. The lowest BCUT2D eigenvalue weighted by Crippen LogP contribution is -2.26. The molecule has 1 N–H and O–H groups in total. The Labute approximate surface area is 124 Å². The molecule has 0 atom stereocenters. The van der Waals surface area contributed by atoms with Crippen molar-refractivity contribution in [3.63, 3.8) is 0 Å². The molecule has 0 aromatic carbocycles. The Balaban J connectivity index is 1.92. The van der Waals surface area contributed by atoms with E-state index in [1.54, 1.807) is 11.3 Å². The normalized spacial score (nSPS) is 19.1. The van der Waals surface area contributed by atoms with E-state index < -0.39 is 9.84 Å². The first kappa shape index (κ1) is 15.5. The van der Waals surface area contributed by atoms with Gasteiger partial charge in [0.05, 0.1) is 23.0 Å². The monoisotopic (exact) mass is 313 g/mol. The number of aliphatic hydroxyl groups is 1. The van der Waals surface area contributed by atoms with Crippen LogP contribution in [0, 0.1) is 11.8 Å². The highest BCUT2D eigenvalue weighted by Crippen LogP contribution is 2.18. The second-order valence-electron chi connectivity index (χ2n) is 4.82. The van der Waals surface area contributed by atoms with Gasteiger partial charge in [-0.2, -0.15) is 0 Å². The summed E-state index contributed by atoms with van der Waals surface area (Å²) < 4.78 is 23.1. The maximum atomic E-state index is 11.6. The molecule has 6 heteroatoms. The Hall–Kier alpha value is -0.870. The molecule has 0 amide bonds. The lowest BCUT2D eigenvalue weighted by molar-refractivity contribution is 0.290. The summed E-state index contributed by atoms with van der Waals surface area (Å²) >= 11 is 1.64. The van der Waals surface area contributed by atoms with Crippen LogP contribution in [0.15, 0.2) is 12.1 Å². The van der Waals surface area contributed by atoms with Gasteiger partial charge in [-0.1, -0.05) is 11.8 Å². The fourth-order valence-electron chi connectivity index (χ4n) is 2.10. The summed E-state index contributed by atoms with van der Waals surface area (Å²) in [7, 11) is -2.84. The Morgan fingerprint density at radius 2 is 2.15 bits per heavy atom. The molecule has 0 saturated carbocycles. The van der Waals surface area contributed by atoms with Crippen LogP contribution in [0.1, 0.15) is 22.6 Å². The van der Waals surface area contributed by atoms with Crippen molar-refractivity contribution in [1.82, 2.24) is 4.90 Å². The molecule has 110 valence electrons. The van der Waals surface area contributed by atoms with Gasteiger partial charge in [0.25, 0.3) is 0 Å². The minimum absolute atomic E-state index is 0.0908. The minimum Gasteiger partial charge on any atom is -0.395 e. The first-order valence-electron chi connectivity index (χ1n) is 6.70. The maximum Gasteiger partial charge on any atom is 0.151 e. The Morgan fingerprint density at radius 3 is 2.95 bits per heavy atom. The van der Waals surface area contributed by atoms with E-state index in [1.807, 2.05) is 12.1 Å². The highest BCUT2D eigenvalue weighted by atomic mass is 32.2. The Morgan fingerprint density at radius 1 is 1.30 bits per heavy atom. The van der Waals surface area contributed by atoms with Crippen molar-refractivity contribution < 1.29 is 13.5 Å². The summed E-state index contributed by atoms with van der Waals surface area (Å²) in [5, 5.41) is 8.68. The molecule has 1 aromatic heterocycles. The third-order valence-corrected chi connectivity index (χ3v) is 5.84. The van der Waals surface area contributed by atoms with Gasteiger partial charge in [-0.15, -0.1) is 11.3 Å². The van der Waals surface area contributed by atoms with Crippen LogP contribution in [-0.2, 0) is 16.4 Å². The van der Waals surface area contributed by atoms with Crippen LogP contribution in [0.2, 0.25) is 0 Å². The van der Waals surface area contributed by atoms with Crippen molar-refractivity contribution in [2.45, 2.75) is 19.4 Å². The smallest absolute Gasteiger partial charge is 0.151 e. The van der Waals surface area contributed by atoms with E-state index in [2.05, 4.69) is 16.7 Å². The molecule has 20 heavy (non-hydrogen) atoms. The quantitative estimate of drug-likeness (QED) is 0.849. The lowest BCUT2D eigenvalue weighted by atomic mass is 10.3. The Kier molecular flexibility index (Phi) is 5.61. The third kappa shape index (κ3) is 4.91. The standard InChI is InChI=1S/C14H19NO3S2/c16-9-2-1-4-13-5-6-14(19-13)12-15-7-3-10-20(17,18)11-8-15/h5-6,16H,2-3,7-12H2. The molecular formula is C14H19NO3S2. The molecular weight excluding hydrogens is 294 g/mol. The fourth-order valence-corrected chi connectivity index (χ4v) is 4.34. The molecule has 1 fully saturated rings. The van der Waals surface area contributed by atoms with E-state index in [4.69, 9.17) is 5.11 Å². The van der Waals surface area contributed by atoms with Crippen molar-refractivity contribution in [2.75, 3.05) is 31.2 Å². The lowest BCUT2D eigenvalue weighted by Gasteiger charge is -2.17. The van der Waals surface area contributed by atoms with Gasteiger partial charge in [-0.05, 0) is 25.1 Å². The number of aliphatic hydroxyl groups excluding tert-OH is 1. The van der Waals surface area contributed by atoms with Gasteiger partial charge in [0, 0.05) is 24.4 Å². The summed E-state index contributed by atoms with van der Waals surface area (Å²) in [5.74, 6) is 6.51. The predicted octanol–water partition coefficient (Wildman–Crippen LogP) is 1.10. The topological polar surface area (TPSA) is 57.6 Å². The summed E-state index contributed by atoms with van der Waals surface area (Å²) in [6, 6.07) is 4.03. The molecule has 1 aliphatic rings. The van der Waals surface area contributed by atoms with Crippen molar-refractivity contribution >= 4 is 21.2 Å². The van der Waals surface area contributed by atoms with Crippen molar-refractivity contribution in [3.8, 4) is 11.8 Å². The van der Waals surface area contributed by atoms with Gasteiger partial charge in [0.2, 0.25) is 0 Å². The molecule has 0 radical (unpaired) electrons. The van der Waals surface area contributed by atoms with Crippen molar-refractivity contribution in [3.05, 3.63) is 21.9 Å². The molecule has 2 rings (SSSR count). The average molecular weight is 313 g/mol. The fraction of sp³-hybridized carbons (Fsp3) is 0.571. The number of sulfone groups is 1. The predicted molar refractivity (Wildman–Crippen MR) is 81.4 cm³/mol. The largest absolute Gasteiger partial charge is 0.395 e. The first-order chi connectivity index (χ1) is 9.59. The van der Waals surface area contributed by atoms with E-state index >= 15 is 0 Å². The summed E-state index contributed by atoms with van der Waals surface area (Å²) in [6.07, 6.45) is 1.22. The molecule has 0 unspecified atom stereocenters. The zero-order valence-corrected chi connectivity index (χ0v) is 13.0. The van der Waals surface area contributed by atoms with Crippen LogP contribution >= 0.6 is 11.3 Å². The number of nitrogens with zero attached hydrogens (tertiary/aromatic N) is 1. The van der Waals surface area contributed by atoms with E-state index in [9.17, 15) is 8.42 Å². The summed E-state index contributed by atoms with van der Waals surface area (Å²) in [4.78, 5) is 4.40. The van der Waals surface area contributed by atoms with Gasteiger partial charge in [-0.3, -0.25) is 4.90 Å². The second-order valence-corrected chi connectivity index (χ2v) is 8.29. The van der Waals surface area contributed by atoms with Crippen LogP contribution in [-0.4, -0.2) is 49.6 Å². The number of hydrogen-bond acceptors (Lipinski definition) is 5. The van der Waals surface area contributed by atoms with Crippen LogP contribution in [0.3, 0.4) is 0 Å². The van der Waals surface area contributed by atoms with E-state index in [-0.39, 0.29) is 12.4 Å². The van der Waals surface area contributed by atoms with Crippen molar-refractivity contribution in [2.24, 2.45) is 0 Å².